The molecule has 0 aliphatic rings. The maximum atomic E-state index is 12.2. The highest BCUT2D eigenvalue weighted by Gasteiger charge is 2.08. The molecular weight excluding hydrogens is 334 g/mol. The molecule has 0 aliphatic heterocycles. The minimum Gasteiger partial charge on any atom is -0.288 e. The molecule has 0 atom stereocenters. The van der Waals surface area contributed by atoms with Crippen LogP contribution in [0.25, 0.3) is 16.3 Å². The van der Waals surface area contributed by atoms with E-state index in [0.29, 0.717) is 12.1 Å². The molecule has 7 heteroatoms. The fourth-order valence-corrected chi connectivity index (χ4v) is 3.25. The maximum Gasteiger partial charge on any atom is 0.203 e. The van der Waals surface area contributed by atoms with Crippen LogP contribution in [0.4, 0.5) is 0 Å². The van der Waals surface area contributed by atoms with E-state index < -0.39 is 0 Å². The Morgan fingerprint density at radius 1 is 1.24 bits per heavy atom. The summed E-state index contributed by atoms with van der Waals surface area (Å²) < 4.78 is 3.38. The molecule has 124 valence electrons. The van der Waals surface area contributed by atoms with E-state index in [1.807, 2.05) is 36.8 Å². The summed E-state index contributed by atoms with van der Waals surface area (Å²) in [5.41, 5.74) is 3.33. The van der Waals surface area contributed by atoms with E-state index in [1.165, 1.54) is 0 Å². The molecule has 0 saturated heterocycles. The first kappa shape index (κ1) is 15.5. The molecule has 3 aromatic heterocycles. The third-order valence-electron chi connectivity index (χ3n) is 3.81. The van der Waals surface area contributed by atoms with Crippen molar-refractivity contribution in [3.63, 3.8) is 0 Å². The highest BCUT2D eigenvalue weighted by Crippen LogP contribution is 2.23. The Morgan fingerprint density at radius 2 is 2.16 bits per heavy atom. The van der Waals surface area contributed by atoms with E-state index >= 15 is 0 Å². The average Bonchev–Trinajstić information content (AvgIpc) is 3.29. The SMILES string of the molecule is Cn1cc(-n2ccc(=O)c(Cc3cccc(-c4nccs4)c3)n2)cn1. The van der Waals surface area contributed by atoms with Crippen LogP contribution in [-0.2, 0) is 13.5 Å². The van der Waals surface area contributed by atoms with Crippen LogP contribution in [0.2, 0.25) is 0 Å². The van der Waals surface area contributed by atoms with Gasteiger partial charge in [-0.05, 0) is 11.6 Å². The van der Waals surface area contributed by atoms with Crippen LogP contribution >= 0.6 is 11.3 Å². The van der Waals surface area contributed by atoms with Gasteiger partial charge in [0.15, 0.2) is 0 Å². The van der Waals surface area contributed by atoms with Crippen molar-refractivity contribution < 1.29 is 0 Å². The monoisotopic (exact) mass is 349 g/mol. The van der Waals surface area contributed by atoms with Crippen LogP contribution in [0.3, 0.4) is 0 Å². The zero-order valence-corrected chi connectivity index (χ0v) is 14.3. The third kappa shape index (κ3) is 3.27. The predicted octanol–water partition coefficient (Wildman–Crippen LogP) is 2.68. The lowest BCUT2D eigenvalue weighted by Gasteiger charge is -2.06. The summed E-state index contributed by atoms with van der Waals surface area (Å²) in [6.07, 6.45) is 7.49. The summed E-state index contributed by atoms with van der Waals surface area (Å²) in [6.45, 7) is 0. The van der Waals surface area contributed by atoms with Crippen LogP contribution in [-0.4, -0.2) is 24.5 Å². The van der Waals surface area contributed by atoms with Crippen molar-refractivity contribution in [3.8, 4) is 16.3 Å². The van der Waals surface area contributed by atoms with Crippen LogP contribution in [0.15, 0.2) is 65.3 Å². The zero-order valence-electron chi connectivity index (χ0n) is 13.5. The van der Waals surface area contributed by atoms with E-state index in [4.69, 9.17) is 0 Å². The summed E-state index contributed by atoms with van der Waals surface area (Å²) in [7, 11) is 1.84. The lowest BCUT2D eigenvalue weighted by molar-refractivity contribution is 0.762. The average molecular weight is 349 g/mol. The Kier molecular flexibility index (Phi) is 3.99. The summed E-state index contributed by atoms with van der Waals surface area (Å²) in [4.78, 5) is 16.6. The van der Waals surface area contributed by atoms with Gasteiger partial charge < -0.3 is 0 Å². The molecule has 0 bridgehead atoms. The van der Waals surface area contributed by atoms with Crippen LogP contribution in [0.5, 0.6) is 0 Å². The Hall–Kier alpha value is -3.06. The standard InChI is InChI=1S/C18H15N5OS/c1-22-12-15(11-20-22)23-7-5-17(24)16(21-23)10-13-3-2-4-14(9-13)18-19-6-8-25-18/h2-9,11-12H,10H2,1H3. The molecule has 6 nitrogen and oxygen atoms in total. The van der Waals surface area contributed by atoms with Gasteiger partial charge >= 0.3 is 0 Å². The number of hydrogen-bond acceptors (Lipinski definition) is 5. The number of aromatic nitrogens is 5. The predicted molar refractivity (Wildman–Crippen MR) is 97.0 cm³/mol. The zero-order chi connectivity index (χ0) is 17.2. The molecular formula is C18H15N5OS. The van der Waals surface area contributed by atoms with Crippen molar-refractivity contribution in [1.82, 2.24) is 24.5 Å². The molecule has 1 aromatic carbocycles. The van der Waals surface area contributed by atoms with Gasteiger partial charge in [0.05, 0.1) is 12.4 Å². The molecule has 0 spiro atoms. The highest BCUT2D eigenvalue weighted by atomic mass is 32.1. The van der Waals surface area contributed by atoms with Gasteiger partial charge in [-0.3, -0.25) is 9.48 Å². The van der Waals surface area contributed by atoms with Gasteiger partial charge in [0.2, 0.25) is 5.43 Å². The number of hydrogen-bond donors (Lipinski definition) is 0. The molecule has 0 fully saturated rings. The van der Waals surface area contributed by atoms with Crippen molar-refractivity contribution in [2.45, 2.75) is 6.42 Å². The first-order chi connectivity index (χ1) is 12.2. The van der Waals surface area contributed by atoms with Crippen LogP contribution < -0.4 is 5.43 Å². The maximum absolute atomic E-state index is 12.2. The molecule has 3 heterocycles. The lowest BCUT2D eigenvalue weighted by atomic mass is 10.1. The molecule has 0 radical (unpaired) electrons. The fourth-order valence-electron chi connectivity index (χ4n) is 2.61. The van der Waals surface area contributed by atoms with Gasteiger partial charge in [-0.2, -0.15) is 10.2 Å². The summed E-state index contributed by atoms with van der Waals surface area (Å²) in [5, 5.41) is 11.5. The second-order valence-corrected chi connectivity index (χ2v) is 6.55. The van der Waals surface area contributed by atoms with Crippen molar-refractivity contribution in [1.29, 1.82) is 0 Å². The van der Waals surface area contributed by atoms with Crippen LogP contribution in [0.1, 0.15) is 11.3 Å². The molecule has 0 aliphatic carbocycles. The second-order valence-electron chi connectivity index (χ2n) is 5.66. The second kappa shape index (κ2) is 6.45. The first-order valence-electron chi connectivity index (χ1n) is 7.76. The Balaban J connectivity index is 1.67. The smallest absolute Gasteiger partial charge is 0.203 e. The molecule has 0 saturated carbocycles. The largest absolute Gasteiger partial charge is 0.288 e. The van der Waals surface area contributed by atoms with Gasteiger partial charge in [-0.25, -0.2) is 9.67 Å². The normalized spacial score (nSPS) is 10.9. The molecule has 25 heavy (non-hydrogen) atoms. The number of benzene rings is 1. The van der Waals surface area contributed by atoms with E-state index in [1.54, 1.807) is 45.4 Å². The van der Waals surface area contributed by atoms with E-state index in [0.717, 1.165) is 21.8 Å². The molecule has 4 rings (SSSR count). The van der Waals surface area contributed by atoms with Crippen molar-refractivity contribution in [2.24, 2.45) is 7.05 Å². The quantitative estimate of drug-likeness (QED) is 0.568. The minimum absolute atomic E-state index is 0.0696. The topological polar surface area (TPSA) is 65.6 Å². The van der Waals surface area contributed by atoms with Crippen LogP contribution in [0, 0.1) is 0 Å². The third-order valence-corrected chi connectivity index (χ3v) is 4.64. The van der Waals surface area contributed by atoms with Gasteiger partial charge in [0, 0.05) is 42.9 Å². The van der Waals surface area contributed by atoms with Crippen molar-refractivity contribution in [3.05, 3.63) is 82.0 Å². The molecule has 0 unspecified atom stereocenters. The Bertz CT molecular complexity index is 1070. The number of nitrogens with zero attached hydrogens (tertiary/aromatic N) is 5. The van der Waals surface area contributed by atoms with E-state index in [9.17, 15) is 4.79 Å². The molecule has 0 N–H and O–H groups in total. The Labute approximate surface area is 148 Å². The number of thiazole rings is 1. The summed E-state index contributed by atoms with van der Waals surface area (Å²) >= 11 is 1.59. The van der Waals surface area contributed by atoms with E-state index in [-0.39, 0.29) is 5.43 Å². The fraction of sp³-hybridized carbons (Fsp3) is 0.111. The minimum atomic E-state index is -0.0696. The Morgan fingerprint density at radius 3 is 2.92 bits per heavy atom. The first-order valence-corrected chi connectivity index (χ1v) is 8.64. The van der Waals surface area contributed by atoms with Crippen molar-refractivity contribution >= 4 is 11.3 Å². The van der Waals surface area contributed by atoms with Crippen molar-refractivity contribution in [2.75, 3.05) is 0 Å². The van der Waals surface area contributed by atoms with Gasteiger partial charge in [0.25, 0.3) is 0 Å². The van der Waals surface area contributed by atoms with Gasteiger partial charge in [0.1, 0.15) is 16.4 Å². The molecule has 0 amide bonds. The highest BCUT2D eigenvalue weighted by molar-refractivity contribution is 7.13. The number of rotatable bonds is 4. The number of aryl methyl sites for hydroxylation is 1. The summed E-state index contributed by atoms with van der Waals surface area (Å²) in [6, 6.07) is 9.60. The molecule has 4 aromatic rings. The van der Waals surface area contributed by atoms with E-state index in [2.05, 4.69) is 21.2 Å². The summed E-state index contributed by atoms with van der Waals surface area (Å²) in [5.74, 6) is 0. The van der Waals surface area contributed by atoms with Gasteiger partial charge in [-0.1, -0.05) is 18.2 Å². The lowest BCUT2D eigenvalue weighted by Crippen LogP contribution is -2.16. The van der Waals surface area contributed by atoms with Gasteiger partial charge in [-0.15, -0.1) is 11.3 Å².